The predicted octanol–water partition coefficient (Wildman–Crippen LogP) is 2.23. The molecule has 0 unspecified atom stereocenters. The lowest BCUT2D eigenvalue weighted by Crippen LogP contribution is -2.28. The SMILES string of the molecule is CNCc1ccc(CN(C)CC2CCC2)o1. The zero-order valence-corrected chi connectivity index (χ0v) is 10.3. The van der Waals surface area contributed by atoms with Crippen molar-refractivity contribution in [2.45, 2.75) is 32.4 Å². The molecule has 16 heavy (non-hydrogen) atoms. The third-order valence-corrected chi connectivity index (χ3v) is 3.29. The molecule has 1 aliphatic rings. The van der Waals surface area contributed by atoms with Gasteiger partial charge in [0.25, 0.3) is 0 Å². The predicted molar refractivity (Wildman–Crippen MR) is 65.1 cm³/mol. The van der Waals surface area contributed by atoms with Crippen molar-refractivity contribution >= 4 is 0 Å². The number of nitrogens with zero attached hydrogens (tertiary/aromatic N) is 1. The van der Waals surface area contributed by atoms with Gasteiger partial charge in [0.05, 0.1) is 13.1 Å². The molecule has 0 aromatic carbocycles. The van der Waals surface area contributed by atoms with Crippen LogP contribution in [0.2, 0.25) is 0 Å². The van der Waals surface area contributed by atoms with E-state index >= 15 is 0 Å². The van der Waals surface area contributed by atoms with Gasteiger partial charge in [0.1, 0.15) is 11.5 Å². The Bertz CT molecular complexity index is 317. The topological polar surface area (TPSA) is 28.4 Å². The van der Waals surface area contributed by atoms with Crippen LogP contribution < -0.4 is 5.32 Å². The highest BCUT2D eigenvalue weighted by atomic mass is 16.3. The lowest BCUT2D eigenvalue weighted by atomic mass is 9.85. The summed E-state index contributed by atoms with van der Waals surface area (Å²) in [5.74, 6) is 3.03. The quantitative estimate of drug-likeness (QED) is 0.800. The normalized spacial score (nSPS) is 16.7. The summed E-state index contributed by atoms with van der Waals surface area (Å²) in [7, 11) is 4.11. The molecule has 3 nitrogen and oxygen atoms in total. The van der Waals surface area contributed by atoms with Crippen molar-refractivity contribution < 1.29 is 4.42 Å². The van der Waals surface area contributed by atoms with E-state index in [1.165, 1.54) is 25.8 Å². The molecule has 1 fully saturated rings. The summed E-state index contributed by atoms with van der Waals surface area (Å²) in [5.41, 5.74) is 0. The standard InChI is InChI=1S/C13H22N2O/c1-14-8-12-6-7-13(16-12)10-15(2)9-11-4-3-5-11/h6-7,11,14H,3-5,8-10H2,1-2H3. The van der Waals surface area contributed by atoms with Crippen LogP contribution in [0.3, 0.4) is 0 Å². The number of furan rings is 1. The van der Waals surface area contributed by atoms with Gasteiger partial charge in [0.2, 0.25) is 0 Å². The summed E-state index contributed by atoms with van der Waals surface area (Å²) in [6.07, 6.45) is 4.24. The van der Waals surface area contributed by atoms with Crippen LogP contribution in [0.1, 0.15) is 30.8 Å². The van der Waals surface area contributed by atoms with Gasteiger partial charge in [0, 0.05) is 6.54 Å². The van der Waals surface area contributed by atoms with E-state index in [4.69, 9.17) is 4.42 Å². The first-order valence-electron chi connectivity index (χ1n) is 6.18. The molecule has 0 aliphatic heterocycles. The molecule has 0 amide bonds. The van der Waals surface area contributed by atoms with Crippen LogP contribution >= 0.6 is 0 Å². The van der Waals surface area contributed by atoms with E-state index in [-0.39, 0.29) is 0 Å². The summed E-state index contributed by atoms with van der Waals surface area (Å²) >= 11 is 0. The molecule has 1 aliphatic carbocycles. The highest BCUT2D eigenvalue weighted by Gasteiger charge is 2.19. The molecule has 1 aromatic rings. The van der Waals surface area contributed by atoms with Crippen molar-refractivity contribution in [1.29, 1.82) is 0 Å². The van der Waals surface area contributed by atoms with Gasteiger partial charge < -0.3 is 9.73 Å². The molecule has 90 valence electrons. The van der Waals surface area contributed by atoms with Gasteiger partial charge in [-0.3, -0.25) is 4.90 Å². The van der Waals surface area contributed by atoms with E-state index in [0.29, 0.717) is 0 Å². The van der Waals surface area contributed by atoms with Crippen molar-refractivity contribution in [3.63, 3.8) is 0 Å². The van der Waals surface area contributed by atoms with Crippen molar-refractivity contribution in [3.8, 4) is 0 Å². The van der Waals surface area contributed by atoms with Gasteiger partial charge in [0.15, 0.2) is 0 Å². The average Bonchev–Trinajstić information content (AvgIpc) is 2.60. The van der Waals surface area contributed by atoms with Crippen molar-refractivity contribution in [3.05, 3.63) is 23.7 Å². The molecule has 2 rings (SSSR count). The monoisotopic (exact) mass is 222 g/mol. The van der Waals surface area contributed by atoms with Crippen LogP contribution in [0.5, 0.6) is 0 Å². The van der Waals surface area contributed by atoms with Crippen LogP contribution in [-0.2, 0) is 13.1 Å². The fraction of sp³-hybridized carbons (Fsp3) is 0.692. The summed E-state index contributed by atoms with van der Waals surface area (Å²) in [6, 6.07) is 4.15. The molecule has 0 saturated heterocycles. The van der Waals surface area contributed by atoms with E-state index in [9.17, 15) is 0 Å². The Balaban J connectivity index is 1.77. The lowest BCUT2D eigenvalue weighted by molar-refractivity contribution is 0.190. The molecule has 1 aromatic heterocycles. The zero-order chi connectivity index (χ0) is 11.4. The Morgan fingerprint density at radius 1 is 1.38 bits per heavy atom. The first kappa shape index (κ1) is 11.7. The molecule has 1 saturated carbocycles. The Morgan fingerprint density at radius 2 is 2.12 bits per heavy atom. The highest BCUT2D eigenvalue weighted by Crippen LogP contribution is 2.27. The van der Waals surface area contributed by atoms with Crippen LogP contribution in [-0.4, -0.2) is 25.5 Å². The molecule has 0 spiro atoms. The summed E-state index contributed by atoms with van der Waals surface area (Å²) < 4.78 is 5.72. The fourth-order valence-corrected chi connectivity index (χ4v) is 2.22. The Hall–Kier alpha value is -0.800. The number of nitrogens with one attached hydrogen (secondary N) is 1. The van der Waals surface area contributed by atoms with Gasteiger partial charge in [-0.1, -0.05) is 6.42 Å². The highest BCUT2D eigenvalue weighted by molar-refractivity contribution is 5.06. The molecule has 1 N–H and O–H groups in total. The van der Waals surface area contributed by atoms with Crippen LogP contribution in [0.25, 0.3) is 0 Å². The summed E-state index contributed by atoms with van der Waals surface area (Å²) in [4.78, 5) is 2.37. The third kappa shape index (κ3) is 3.09. The second-order valence-electron chi connectivity index (χ2n) is 4.89. The van der Waals surface area contributed by atoms with E-state index in [1.54, 1.807) is 0 Å². The minimum Gasteiger partial charge on any atom is -0.463 e. The Morgan fingerprint density at radius 3 is 2.75 bits per heavy atom. The van der Waals surface area contributed by atoms with Crippen LogP contribution in [0, 0.1) is 5.92 Å². The van der Waals surface area contributed by atoms with Gasteiger partial charge in [-0.2, -0.15) is 0 Å². The first-order chi connectivity index (χ1) is 7.78. The van der Waals surface area contributed by atoms with E-state index < -0.39 is 0 Å². The van der Waals surface area contributed by atoms with Gasteiger partial charge in [-0.25, -0.2) is 0 Å². The Labute approximate surface area is 97.8 Å². The van der Waals surface area contributed by atoms with Gasteiger partial charge in [-0.15, -0.1) is 0 Å². The maximum atomic E-state index is 5.72. The Kier molecular flexibility index (Phi) is 4.02. The van der Waals surface area contributed by atoms with Crippen molar-refractivity contribution in [1.82, 2.24) is 10.2 Å². The molecular weight excluding hydrogens is 200 g/mol. The number of hydrogen-bond acceptors (Lipinski definition) is 3. The minimum absolute atomic E-state index is 0.812. The molecule has 1 heterocycles. The minimum atomic E-state index is 0.812. The van der Waals surface area contributed by atoms with Gasteiger partial charge >= 0.3 is 0 Å². The fourth-order valence-electron chi connectivity index (χ4n) is 2.22. The molecular formula is C13H22N2O. The maximum Gasteiger partial charge on any atom is 0.118 e. The van der Waals surface area contributed by atoms with E-state index in [0.717, 1.165) is 30.5 Å². The van der Waals surface area contributed by atoms with Crippen molar-refractivity contribution in [2.24, 2.45) is 5.92 Å². The lowest BCUT2D eigenvalue weighted by Gasteiger charge is -2.29. The molecule has 0 bridgehead atoms. The number of rotatable bonds is 6. The first-order valence-corrected chi connectivity index (χ1v) is 6.18. The van der Waals surface area contributed by atoms with Crippen molar-refractivity contribution in [2.75, 3.05) is 20.6 Å². The second kappa shape index (κ2) is 5.51. The molecule has 0 radical (unpaired) electrons. The summed E-state index contributed by atoms with van der Waals surface area (Å²) in [5, 5.41) is 3.09. The molecule has 3 heteroatoms. The third-order valence-electron chi connectivity index (χ3n) is 3.29. The number of hydrogen-bond donors (Lipinski definition) is 1. The largest absolute Gasteiger partial charge is 0.463 e. The van der Waals surface area contributed by atoms with Crippen LogP contribution in [0.4, 0.5) is 0 Å². The average molecular weight is 222 g/mol. The maximum absolute atomic E-state index is 5.72. The van der Waals surface area contributed by atoms with Crippen LogP contribution in [0.15, 0.2) is 16.5 Å². The second-order valence-corrected chi connectivity index (χ2v) is 4.89. The molecule has 0 atom stereocenters. The zero-order valence-electron chi connectivity index (χ0n) is 10.3. The van der Waals surface area contributed by atoms with E-state index in [2.05, 4.69) is 29.4 Å². The summed E-state index contributed by atoms with van der Waals surface area (Å²) in [6.45, 7) is 2.95. The van der Waals surface area contributed by atoms with E-state index in [1.807, 2.05) is 7.05 Å². The van der Waals surface area contributed by atoms with Gasteiger partial charge in [-0.05, 0) is 45.0 Å². The smallest absolute Gasteiger partial charge is 0.118 e.